The predicted molar refractivity (Wildman–Crippen MR) is 132 cm³/mol. The van der Waals surface area contributed by atoms with Gasteiger partial charge >= 0.3 is 10.1 Å². The Hall–Kier alpha value is -3.85. The summed E-state index contributed by atoms with van der Waals surface area (Å²) in [6.45, 7) is 0. The van der Waals surface area contributed by atoms with E-state index < -0.39 is 33.7 Å². The van der Waals surface area contributed by atoms with E-state index in [1.165, 1.54) is 30.3 Å². The summed E-state index contributed by atoms with van der Waals surface area (Å²) in [5, 5.41) is 3.33. The third-order valence-corrected chi connectivity index (χ3v) is 6.46. The van der Waals surface area contributed by atoms with E-state index in [-0.39, 0.29) is 28.5 Å². The number of carbonyl (C=O) groups excluding carboxylic acids is 1. The van der Waals surface area contributed by atoms with Crippen LogP contribution in [0.5, 0.6) is 5.75 Å². The summed E-state index contributed by atoms with van der Waals surface area (Å²) in [6.07, 6.45) is 2.58. The van der Waals surface area contributed by atoms with Gasteiger partial charge < -0.3 is 9.50 Å². The van der Waals surface area contributed by atoms with Crippen LogP contribution in [0.1, 0.15) is 34.8 Å². The van der Waals surface area contributed by atoms with E-state index in [4.69, 9.17) is 4.18 Å². The van der Waals surface area contributed by atoms with Crippen LogP contribution < -0.4 is 9.50 Å². The van der Waals surface area contributed by atoms with Gasteiger partial charge in [-0.2, -0.15) is 8.42 Å². The molecule has 0 radical (unpaired) electrons. The minimum Gasteiger partial charge on any atom is -0.379 e. The molecule has 3 aromatic carbocycles. The smallest absolute Gasteiger partial charge is 0.306 e. The largest absolute Gasteiger partial charge is 0.379 e. The van der Waals surface area contributed by atoms with Crippen molar-refractivity contribution >= 4 is 26.9 Å². The lowest BCUT2D eigenvalue weighted by atomic mass is 9.99. The number of para-hydroxylation sites is 1. The highest BCUT2D eigenvalue weighted by atomic mass is 32.2. The quantitative estimate of drug-likeness (QED) is 0.338. The Morgan fingerprint density at radius 3 is 2.36 bits per heavy atom. The average Bonchev–Trinajstić information content (AvgIpc) is 3.66. The number of fused-ring (bicyclic) bond motifs is 1. The van der Waals surface area contributed by atoms with Gasteiger partial charge in [0.05, 0.1) is 23.4 Å². The van der Waals surface area contributed by atoms with E-state index in [1.54, 1.807) is 42.5 Å². The fourth-order valence-electron chi connectivity index (χ4n) is 4.30. The lowest BCUT2D eigenvalue weighted by Crippen LogP contribution is -2.31. The summed E-state index contributed by atoms with van der Waals surface area (Å²) in [5.74, 6) is -1.76. The number of amides is 1. The lowest BCUT2D eigenvalue weighted by molar-refractivity contribution is 0.0931. The van der Waals surface area contributed by atoms with Gasteiger partial charge in [0.25, 0.3) is 5.91 Å². The van der Waals surface area contributed by atoms with Crippen molar-refractivity contribution in [1.29, 1.82) is 0 Å². The molecule has 0 aliphatic heterocycles. The molecule has 9 heteroatoms. The Bertz CT molecular complexity index is 1590. The van der Waals surface area contributed by atoms with Crippen LogP contribution in [-0.4, -0.2) is 25.6 Å². The zero-order valence-corrected chi connectivity index (χ0v) is 20.1. The number of carbonyl (C=O) groups is 1. The van der Waals surface area contributed by atoms with Crippen LogP contribution in [0.2, 0.25) is 0 Å². The van der Waals surface area contributed by atoms with Gasteiger partial charge in [0.1, 0.15) is 17.3 Å². The molecule has 1 fully saturated rings. The molecule has 6 nitrogen and oxygen atoms in total. The van der Waals surface area contributed by atoms with Crippen molar-refractivity contribution in [2.45, 2.75) is 18.9 Å². The van der Waals surface area contributed by atoms with Crippen molar-refractivity contribution in [3.05, 3.63) is 95.6 Å². The maximum absolute atomic E-state index is 14.1. The average molecular weight is 509 g/mol. The van der Waals surface area contributed by atoms with Gasteiger partial charge in [0.2, 0.25) is 0 Å². The minimum atomic E-state index is -4.10. The summed E-state index contributed by atoms with van der Waals surface area (Å²) in [6, 6.07) is 17.7. The van der Waals surface area contributed by atoms with Crippen molar-refractivity contribution in [1.82, 2.24) is 10.3 Å². The Kier molecular flexibility index (Phi) is 6.17. The number of halogens is 2. The van der Waals surface area contributed by atoms with Gasteiger partial charge in [-0.15, -0.1) is 0 Å². The second-order valence-electron chi connectivity index (χ2n) is 8.82. The number of aromatic nitrogens is 1. The molecule has 5 rings (SSSR count). The van der Waals surface area contributed by atoms with Crippen molar-refractivity contribution in [2.24, 2.45) is 5.92 Å². The Morgan fingerprint density at radius 1 is 1.00 bits per heavy atom. The standard InChI is InChI=1S/C27H22F2N2O4S/c1-36(33,34)35-26-23(27(32)31-24(16-12-13-16)17-6-4-8-19(28)14-17)21-10-2-3-11-22(21)30-25(26)18-7-5-9-20(29)15-18/h2-11,14-16,24H,12-13H2,1H3,(H,31,32). The number of rotatable bonds is 7. The van der Waals surface area contributed by atoms with Crippen LogP contribution in [0.4, 0.5) is 8.78 Å². The van der Waals surface area contributed by atoms with Crippen molar-refractivity contribution < 1.29 is 26.2 Å². The van der Waals surface area contributed by atoms with E-state index in [2.05, 4.69) is 10.3 Å². The maximum Gasteiger partial charge on any atom is 0.306 e. The molecule has 1 aliphatic rings. The number of pyridine rings is 1. The number of benzene rings is 3. The summed E-state index contributed by atoms with van der Waals surface area (Å²) in [5.41, 5.74) is 1.22. The molecule has 0 spiro atoms. The summed E-state index contributed by atoms with van der Waals surface area (Å²) < 4.78 is 57.9. The van der Waals surface area contributed by atoms with Gasteiger partial charge in [-0.25, -0.2) is 13.8 Å². The van der Waals surface area contributed by atoms with E-state index in [0.29, 0.717) is 16.5 Å². The molecule has 0 saturated heterocycles. The van der Waals surface area contributed by atoms with Gasteiger partial charge in [-0.3, -0.25) is 4.79 Å². The first-order chi connectivity index (χ1) is 17.2. The monoisotopic (exact) mass is 508 g/mol. The molecule has 1 aliphatic carbocycles. The second-order valence-corrected chi connectivity index (χ2v) is 10.4. The Morgan fingerprint density at radius 2 is 1.69 bits per heavy atom. The van der Waals surface area contributed by atoms with Crippen molar-refractivity contribution in [3.8, 4) is 17.0 Å². The van der Waals surface area contributed by atoms with E-state index in [1.807, 2.05) is 0 Å². The van der Waals surface area contributed by atoms with Gasteiger partial charge in [0, 0.05) is 10.9 Å². The normalized spacial score (nSPS) is 14.4. The molecular weight excluding hydrogens is 486 g/mol. The maximum atomic E-state index is 14.1. The first-order valence-corrected chi connectivity index (χ1v) is 13.2. The van der Waals surface area contributed by atoms with E-state index in [9.17, 15) is 22.0 Å². The Labute approximate surface area is 207 Å². The highest BCUT2D eigenvalue weighted by Gasteiger charge is 2.35. The van der Waals surface area contributed by atoms with Crippen LogP contribution in [-0.2, 0) is 10.1 Å². The topological polar surface area (TPSA) is 85.4 Å². The molecule has 1 amide bonds. The highest BCUT2D eigenvalue weighted by molar-refractivity contribution is 7.86. The van der Waals surface area contributed by atoms with Crippen LogP contribution in [0.25, 0.3) is 22.2 Å². The SMILES string of the molecule is CS(=O)(=O)Oc1c(-c2cccc(F)c2)nc2ccccc2c1C(=O)NC(c1cccc(F)c1)C1CC1. The first-order valence-electron chi connectivity index (χ1n) is 11.3. The lowest BCUT2D eigenvalue weighted by Gasteiger charge is -2.21. The Balaban J connectivity index is 1.70. The van der Waals surface area contributed by atoms with Gasteiger partial charge in [0.15, 0.2) is 5.75 Å². The van der Waals surface area contributed by atoms with Crippen LogP contribution in [0.15, 0.2) is 72.8 Å². The number of nitrogens with zero attached hydrogens (tertiary/aromatic N) is 1. The van der Waals surface area contributed by atoms with E-state index >= 15 is 0 Å². The van der Waals surface area contributed by atoms with E-state index in [0.717, 1.165) is 19.1 Å². The first kappa shape index (κ1) is 23.9. The molecule has 4 aromatic rings. The second kappa shape index (κ2) is 9.31. The number of hydrogen-bond donors (Lipinski definition) is 1. The fraction of sp³-hybridized carbons (Fsp3) is 0.185. The highest BCUT2D eigenvalue weighted by Crippen LogP contribution is 2.42. The molecule has 1 aromatic heterocycles. The van der Waals surface area contributed by atoms with Gasteiger partial charge in [-0.1, -0.05) is 42.5 Å². The predicted octanol–water partition coefficient (Wildman–Crippen LogP) is 5.40. The van der Waals surface area contributed by atoms with Gasteiger partial charge in [-0.05, 0) is 54.7 Å². The molecule has 1 atom stereocenters. The fourth-order valence-corrected chi connectivity index (χ4v) is 4.77. The van der Waals surface area contributed by atoms with Crippen LogP contribution in [0, 0.1) is 17.6 Å². The molecule has 1 heterocycles. The summed E-state index contributed by atoms with van der Waals surface area (Å²) >= 11 is 0. The molecule has 1 unspecified atom stereocenters. The molecule has 184 valence electrons. The molecule has 36 heavy (non-hydrogen) atoms. The zero-order chi connectivity index (χ0) is 25.4. The van der Waals surface area contributed by atoms with Crippen molar-refractivity contribution in [2.75, 3.05) is 6.26 Å². The summed E-state index contributed by atoms with van der Waals surface area (Å²) in [4.78, 5) is 18.4. The minimum absolute atomic E-state index is 0.0116. The molecule has 1 N–H and O–H groups in total. The molecule has 0 bridgehead atoms. The van der Waals surface area contributed by atoms with Crippen LogP contribution in [0.3, 0.4) is 0 Å². The van der Waals surface area contributed by atoms with Crippen LogP contribution >= 0.6 is 0 Å². The molecular formula is C27H22F2N2O4S. The zero-order valence-electron chi connectivity index (χ0n) is 19.2. The summed E-state index contributed by atoms with van der Waals surface area (Å²) in [7, 11) is -4.10. The number of nitrogens with one attached hydrogen (secondary N) is 1. The number of hydrogen-bond acceptors (Lipinski definition) is 5. The van der Waals surface area contributed by atoms with Crippen molar-refractivity contribution in [3.63, 3.8) is 0 Å². The molecule has 1 saturated carbocycles. The third-order valence-electron chi connectivity index (χ3n) is 6.00. The third kappa shape index (κ3) is 5.06.